The second kappa shape index (κ2) is 16.5. The summed E-state index contributed by atoms with van der Waals surface area (Å²) >= 11 is -2.56. The molecule has 1 atom stereocenters. The zero-order valence-corrected chi connectivity index (χ0v) is 22.6. The van der Waals surface area contributed by atoms with Crippen LogP contribution in [0.15, 0.2) is 16.7 Å². The fourth-order valence-electron chi connectivity index (χ4n) is 4.27. The summed E-state index contributed by atoms with van der Waals surface area (Å²) in [6.07, 6.45) is 13.4. The van der Waals surface area contributed by atoms with Crippen molar-refractivity contribution in [2.75, 3.05) is 6.54 Å². The van der Waals surface area contributed by atoms with Gasteiger partial charge in [-0.2, -0.15) is 0 Å². The summed E-state index contributed by atoms with van der Waals surface area (Å²) in [6.45, 7) is 9.39. The summed E-state index contributed by atoms with van der Waals surface area (Å²) in [6, 6.07) is 4.86. The van der Waals surface area contributed by atoms with Crippen molar-refractivity contribution in [1.29, 1.82) is 0 Å². The number of hydrogen-bond donors (Lipinski definition) is 1. The van der Waals surface area contributed by atoms with E-state index in [1.165, 1.54) is 44.9 Å². The topological polar surface area (TPSA) is 85.6 Å². The average molecular weight is 486 g/mol. The van der Waals surface area contributed by atoms with E-state index in [1.807, 2.05) is 6.07 Å². The van der Waals surface area contributed by atoms with Gasteiger partial charge in [-0.25, -0.2) is 4.79 Å². The van der Waals surface area contributed by atoms with Crippen molar-refractivity contribution in [1.82, 2.24) is 9.62 Å². The van der Waals surface area contributed by atoms with Crippen LogP contribution in [0.4, 0.5) is 4.79 Å². The molecule has 0 fully saturated rings. The van der Waals surface area contributed by atoms with E-state index in [-0.39, 0.29) is 13.1 Å². The molecule has 0 spiro atoms. The van der Waals surface area contributed by atoms with Gasteiger partial charge >= 0.3 is 6.03 Å². The molecule has 1 N–H and O–H groups in total. The SMILES string of the molecule is CCCCCCCCCCCCN(C(=O)NCc1coc([Si](CC)(CC)CC)c1)S(=O)[O-]. The van der Waals surface area contributed by atoms with Gasteiger partial charge in [-0.05, 0) is 12.5 Å². The lowest BCUT2D eigenvalue weighted by Gasteiger charge is -2.25. The van der Waals surface area contributed by atoms with Crippen molar-refractivity contribution in [3.8, 4) is 0 Å². The first kappa shape index (κ1) is 28.9. The van der Waals surface area contributed by atoms with E-state index in [9.17, 15) is 13.6 Å². The van der Waals surface area contributed by atoms with E-state index >= 15 is 0 Å². The Kier molecular flexibility index (Phi) is 14.9. The van der Waals surface area contributed by atoms with Crippen molar-refractivity contribution in [3.05, 3.63) is 17.9 Å². The standard InChI is InChI=1S/C24H46N2O4SSi/c1-5-9-10-11-12-13-14-15-16-17-18-26(31(28)29)24(27)25-20-22-19-23(30-21-22)32(6-2,7-3)8-4/h19,21H,5-18,20H2,1-4H3,(H,25,27)(H,28,29)/p-1. The largest absolute Gasteiger partial charge is 0.755 e. The highest BCUT2D eigenvalue weighted by Crippen LogP contribution is 2.21. The van der Waals surface area contributed by atoms with E-state index in [1.54, 1.807) is 6.26 Å². The quantitative estimate of drug-likeness (QED) is 0.152. The van der Waals surface area contributed by atoms with Crippen LogP contribution in [0, 0.1) is 0 Å². The van der Waals surface area contributed by atoms with Crippen LogP contribution in [-0.2, 0) is 17.8 Å². The lowest BCUT2D eigenvalue weighted by molar-refractivity contribution is 0.220. The molecule has 0 aromatic carbocycles. The number of furan rings is 1. The molecule has 32 heavy (non-hydrogen) atoms. The highest BCUT2D eigenvalue weighted by atomic mass is 32.2. The van der Waals surface area contributed by atoms with Gasteiger partial charge in [0.2, 0.25) is 0 Å². The van der Waals surface area contributed by atoms with Crippen LogP contribution in [0.1, 0.15) is 97.5 Å². The van der Waals surface area contributed by atoms with E-state index in [0.29, 0.717) is 6.42 Å². The van der Waals surface area contributed by atoms with E-state index in [0.717, 1.165) is 46.2 Å². The summed E-state index contributed by atoms with van der Waals surface area (Å²) in [5, 5.41) is 3.81. The third-order valence-corrected chi connectivity index (χ3v) is 12.8. The molecule has 2 amide bonds. The summed E-state index contributed by atoms with van der Waals surface area (Å²) in [5.74, 6) is 0. The van der Waals surface area contributed by atoms with Crippen LogP contribution in [0.5, 0.6) is 0 Å². The molecule has 0 saturated carbocycles. The van der Waals surface area contributed by atoms with Gasteiger partial charge in [-0.3, -0.25) is 8.51 Å². The third-order valence-electron chi connectivity index (χ3n) is 6.77. The Hall–Kier alpha value is -1.12. The second-order valence-electron chi connectivity index (χ2n) is 8.82. The highest BCUT2D eigenvalue weighted by Gasteiger charge is 2.32. The molecule has 8 heteroatoms. The van der Waals surface area contributed by atoms with Crippen LogP contribution in [0.2, 0.25) is 18.1 Å². The Morgan fingerprint density at radius 3 is 2.00 bits per heavy atom. The molecule has 1 heterocycles. The number of hydrogen-bond acceptors (Lipinski definition) is 4. The Labute approximate surface area is 199 Å². The Balaban J connectivity index is 2.37. The summed E-state index contributed by atoms with van der Waals surface area (Å²) in [4.78, 5) is 12.4. The van der Waals surface area contributed by atoms with Gasteiger partial charge in [-0.15, -0.1) is 0 Å². The van der Waals surface area contributed by atoms with Crippen molar-refractivity contribution in [2.24, 2.45) is 0 Å². The molecule has 0 bridgehead atoms. The normalized spacial score (nSPS) is 12.7. The Morgan fingerprint density at radius 2 is 1.50 bits per heavy atom. The van der Waals surface area contributed by atoms with Crippen LogP contribution in [0.3, 0.4) is 0 Å². The smallest absolute Gasteiger partial charge is 0.328 e. The van der Waals surface area contributed by atoms with Gasteiger partial charge < -0.3 is 14.3 Å². The Morgan fingerprint density at radius 1 is 0.969 bits per heavy atom. The van der Waals surface area contributed by atoms with Crippen molar-refractivity contribution >= 4 is 30.8 Å². The minimum Gasteiger partial charge on any atom is -0.755 e. The number of amides is 2. The molecular weight excluding hydrogens is 440 g/mol. The van der Waals surface area contributed by atoms with Crippen molar-refractivity contribution in [3.63, 3.8) is 0 Å². The van der Waals surface area contributed by atoms with Crippen LogP contribution >= 0.6 is 0 Å². The lowest BCUT2D eigenvalue weighted by atomic mass is 10.1. The number of carbonyl (C=O) groups excluding carboxylic acids is 1. The Bertz CT molecular complexity index is 656. The highest BCUT2D eigenvalue weighted by molar-refractivity contribution is 7.77. The molecule has 0 aliphatic heterocycles. The van der Waals surface area contributed by atoms with Gasteiger partial charge in [0.1, 0.15) is 8.07 Å². The molecular formula is C24H45N2O4SSi-. The maximum Gasteiger partial charge on any atom is 0.328 e. The van der Waals surface area contributed by atoms with Crippen LogP contribution < -0.4 is 10.7 Å². The molecule has 1 aromatic heterocycles. The first-order chi connectivity index (χ1) is 15.4. The molecule has 186 valence electrons. The minimum absolute atomic E-state index is 0.229. The van der Waals surface area contributed by atoms with Gasteiger partial charge in [0.15, 0.2) is 0 Å². The number of unbranched alkanes of at least 4 members (excludes halogenated alkanes) is 9. The summed E-state index contributed by atoms with van der Waals surface area (Å²) in [5.41, 5.74) is 0.885. The maximum atomic E-state index is 12.4. The van der Waals surface area contributed by atoms with Crippen molar-refractivity contribution < 1.29 is 18.0 Å². The van der Waals surface area contributed by atoms with E-state index < -0.39 is 25.4 Å². The predicted octanol–water partition coefficient (Wildman–Crippen LogP) is 6.22. The molecule has 0 saturated heterocycles. The number of nitrogens with one attached hydrogen (secondary N) is 1. The zero-order chi connectivity index (χ0) is 23.8. The van der Waals surface area contributed by atoms with Gasteiger partial charge in [0.25, 0.3) is 0 Å². The number of rotatable bonds is 18. The molecule has 1 rings (SSSR count). The fraction of sp³-hybridized carbons (Fsp3) is 0.792. The number of urea groups is 1. The van der Waals surface area contributed by atoms with Gasteiger partial charge in [0, 0.05) is 18.7 Å². The van der Waals surface area contributed by atoms with Gasteiger partial charge in [-0.1, -0.05) is 104 Å². The van der Waals surface area contributed by atoms with E-state index in [4.69, 9.17) is 4.42 Å². The third kappa shape index (κ3) is 9.79. The fourth-order valence-corrected chi connectivity index (χ4v) is 8.10. The van der Waals surface area contributed by atoms with Crippen LogP contribution in [0.25, 0.3) is 0 Å². The van der Waals surface area contributed by atoms with Crippen LogP contribution in [-0.4, -0.2) is 33.7 Å². The minimum atomic E-state index is -2.56. The summed E-state index contributed by atoms with van der Waals surface area (Å²) < 4.78 is 29.9. The van der Waals surface area contributed by atoms with Gasteiger partial charge in [0.05, 0.1) is 22.9 Å². The van der Waals surface area contributed by atoms with E-state index in [2.05, 4.69) is 33.0 Å². The summed E-state index contributed by atoms with van der Waals surface area (Å²) in [7, 11) is -1.60. The first-order valence-electron chi connectivity index (χ1n) is 12.7. The molecule has 0 radical (unpaired) electrons. The first-order valence-corrected chi connectivity index (χ1v) is 16.3. The number of carbonyl (C=O) groups is 1. The molecule has 6 nitrogen and oxygen atoms in total. The maximum absolute atomic E-state index is 12.4. The molecule has 1 aromatic rings. The van der Waals surface area contributed by atoms with Crippen molar-refractivity contribution in [2.45, 2.75) is 117 Å². The number of nitrogens with zero attached hydrogens (tertiary/aromatic N) is 1. The zero-order valence-electron chi connectivity index (χ0n) is 20.7. The molecule has 0 aliphatic carbocycles. The lowest BCUT2D eigenvalue weighted by Crippen LogP contribution is -2.45. The molecule has 1 unspecified atom stereocenters. The monoisotopic (exact) mass is 485 g/mol. The second-order valence-corrected chi connectivity index (χ2v) is 14.9. The average Bonchev–Trinajstić information content (AvgIpc) is 3.27. The molecule has 0 aliphatic rings. The predicted molar refractivity (Wildman–Crippen MR) is 135 cm³/mol.